The Bertz CT molecular complexity index is 370. The van der Waals surface area contributed by atoms with Gasteiger partial charge in [0.2, 0.25) is 0 Å². The predicted molar refractivity (Wildman–Crippen MR) is 140 cm³/mol. The molecule has 0 aliphatic carbocycles. The van der Waals surface area contributed by atoms with E-state index in [9.17, 15) is 14.4 Å². The summed E-state index contributed by atoms with van der Waals surface area (Å²) in [7, 11) is 0. The molecule has 0 atom stereocenters. The second kappa shape index (κ2) is 40.4. The first-order valence-electron chi connectivity index (χ1n) is 13.4. The van der Waals surface area contributed by atoms with Crippen LogP contribution >= 0.6 is 0 Å². The van der Waals surface area contributed by atoms with Crippen molar-refractivity contribution < 1.29 is 61.0 Å². The maximum absolute atomic E-state index is 10.0. The summed E-state index contributed by atoms with van der Waals surface area (Å²) < 4.78 is 0. The molecule has 0 fully saturated rings. The molecule has 0 aromatic carbocycles. The van der Waals surface area contributed by atoms with E-state index in [4.69, 9.17) is 20.4 Å². The minimum Gasteiger partial charge on any atom is -0.481 e. The first kappa shape index (κ1) is 44.3. The van der Waals surface area contributed by atoms with Crippen LogP contribution in [0.25, 0.3) is 0 Å². The molecule has 0 saturated carbocycles. The van der Waals surface area contributed by atoms with Gasteiger partial charge < -0.3 is 20.4 Å². The molecule has 0 bridgehead atoms. The Balaban J connectivity index is -0.000000118. The molecule has 0 aliphatic heterocycles. The van der Waals surface area contributed by atoms with Crippen LogP contribution in [-0.2, 0) is 40.6 Å². The fourth-order valence-corrected chi connectivity index (χ4v) is 2.64. The molecule has 4 N–H and O–H groups in total. The van der Waals surface area contributed by atoms with Crippen LogP contribution in [0.2, 0.25) is 0 Å². The van der Waals surface area contributed by atoms with Gasteiger partial charge in [0, 0.05) is 51.6 Å². The Hall–Kier alpha value is -0.747. The fourth-order valence-electron chi connectivity index (χ4n) is 2.64. The average Bonchev–Trinajstić information content (AvgIpc) is 2.73. The zero-order valence-corrected chi connectivity index (χ0v) is 25.8. The maximum atomic E-state index is 10.0. The molecule has 0 heterocycles. The molecule has 0 spiro atoms. The van der Waals surface area contributed by atoms with E-state index < -0.39 is 17.9 Å². The summed E-state index contributed by atoms with van der Waals surface area (Å²) in [4.78, 5) is 30.1. The van der Waals surface area contributed by atoms with Gasteiger partial charge in [0.1, 0.15) is 0 Å². The zero-order valence-electron chi connectivity index (χ0n) is 23.3. The van der Waals surface area contributed by atoms with E-state index in [0.717, 1.165) is 38.5 Å². The molecule has 0 aromatic heterocycles. The number of carbonyl (C=O) groups is 3. The monoisotopic (exact) mass is 582 g/mol. The fraction of sp³-hybridized carbons (Fsp3) is 0.889. The Kier molecular flexibility index (Phi) is 51.1. The van der Waals surface area contributed by atoms with Gasteiger partial charge >= 0.3 is 17.9 Å². The Morgan fingerprint density at radius 2 is 0.657 bits per heavy atom. The molecule has 0 amide bonds. The molecule has 0 radical (unpaired) electrons. The molecule has 0 aromatic rings. The summed E-state index contributed by atoms with van der Waals surface area (Å²) in [5.74, 6) is -2.01. The standard InChI is InChI=1S/3C8H16O2.C3H8O.Zr/c3*1-2-3-4-5-6-7-8(9)10;1-3(2)4;/h3*2-7H2,1H3,(H,9,10);3-4H,1-2H3;. The third-order valence-corrected chi connectivity index (χ3v) is 4.48. The third kappa shape index (κ3) is 79.2. The summed E-state index contributed by atoms with van der Waals surface area (Å²) in [6, 6.07) is 0. The van der Waals surface area contributed by atoms with Crippen molar-refractivity contribution in [1.82, 2.24) is 0 Å². The quantitative estimate of drug-likeness (QED) is 0.122. The number of hydrogen-bond donors (Lipinski definition) is 4. The first-order valence-corrected chi connectivity index (χ1v) is 13.4. The van der Waals surface area contributed by atoms with Gasteiger partial charge in [-0.1, -0.05) is 97.8 Å². The van der Waals surface area contributed by atoms with Crippen LogP contribution in [0.15, 0.2) is 0 Å². The van der Waals surface area contributed by atoms with Gasteiger partial charge in [-0.05, 0) is 33.1 Å². The second-order valence-electron chi connectivity index (χ2n) is 8.77. The van der Waals surface area contributed by atoms with E-state index in [1.165, 1.54) is 57.8 Å². The minimum atomic E-state index is -0.670. The summed E-state index contributed by atoms with van der Waals surface area (Å²) in [6.07, 6.45) is 17.5. The van der Waals surface area contributed by atoms with Crippen molar-refractivity contribution in [2.24, 2.45) is 0 Å². The molecule has 0 rings (SSSR count). The molecule has 7 nitrogen and oxygen atoms in total. The van der Waals surface area contributed by atoms with Crippen molar-refractivity contribution in [2.45, 2.75) is 156 Å². The van der Waals surface area contributed by atoms with Gasteiger partial charge in [0.25, 0.3) is 0 Å². The van der Waals surface area contributed by atoms with Gasteiger partial charge in [0.15, 0.2) is 0 Å². The Labute approximate surface area is 234 Å². The number of hydrogen-bond acceptors (Lipinski definition) is 4. The maximum Gasteiger partial charge on any atom is 0.303 e. The normalized spacial score (nSPS) is 9.34. The van der Waals surface area contributed by atoms with Crippen molar-refractivity contribution >= 4 is 17.9 Å². The van der Waals surface area contributed by atoms with E-state index in [2.05, 4.69) is 20.8 Å². The number of aliphatic hydroxyl groups excluding tert-OH is 1. The van der Waals surface area contributed by atoms with Crippen LogP contribution in [0.4, 0.5) is 0 Å². The Morgan fingerprint density at radius 3 is 0.800 bits per heavy atom. The van der Waals surface area contributed by atoms with Crippen LogP contribution in [0.1, 0.15) is 150 Å². The van der Waals surface area contributed by atoms with Crippen molar-refractivity contribution in [3.05, 3.63) is 0 Å². The molecular weight excluding hydrogens is 528 g/mol. The van der Waals surface area contributed by atoms with Crippen LogP contribution in [0, 0.1) is 0 Å². The van der Waals surface area contributed by atoms with E-state index in [1.54, 1.807) is 13.8 Å². The largest absolute Gasteiger partial charge is 0.481 e. The zero-order chi connectivity index (χ0) is 27.0. The second-order valence-corrected chi connectivity index (χ2v) is 8.77. The van der Waals surface area contributed by atoms with Crippen molar-refractivity contribution in [3.8, 4) is 0 Å². The first-order chi connectivity index (χ1) is 16.0. The van der Waals surface area contributed by atoms with Gasteiger partial charge in [-0.2, -0.15) is 0 Å². The molecule has 8 heteroatoms. The van der Waals surface area contributed by atoms with E-state index in [-0.39, 0.29) is 32.3 Å². The van der Waals surface area contributed by atoms with Crippen LogP contribution < -0.4 is 0 Å². The molecule has 0 unspecified atom stereocenters. The summed E-state index contributed by atoms with van der Waals surface area (Å²) in [6.45, 7) is 9.89. The van der Waals surface area contributed by atoms with Gasteiger partial charge in [-0.3, -0.25) is 14.4 Å². The number of carboxylic acid groups (broad SMARTS) is 3. The molecule has 210 valence electrons. The van der Waals surface area contributed by atoms with Crippen LogP contribution in [0.3, 0.4) is 0 Å². The number of unbranched alkanes of at least 4 members (excludes halogenated alkanes) is 12. The van der Waals surface area contributed by atoms with Crippen LogP contribution in [0.5, 0.6) is 0 Å². The van der Waals surface area contributed by atoms with Crippen molar-refractivity contribution in [3.63, 3.8) is 0 Å². The minimum absolute atomic E-state index is 0. The van der Waals surface area contributed by atoms with Crippen molar-refractivity contribution in [2.75, 3.05) is 0 Å². The van der Waals surface area contributed by atoms with Gasteiger partial charge in [-0.15, -0.1) is 0 Å². The number of carboxylic acids is 3. The summed E-state index contributed by atoms with van der Waals surface area (Å²) in [5.41, 5.74) is 0. The smallest absolute Gasteiger partial charge is 0.303 e. The predicted octanol–water partition coefficient (Wildman–Crippen LogP) is 7.68. The third-order valence-electron chi connectivity index (χ3n) is 4.48. The van der Waals surface area contributed by atoms with E-state index in [0.29, 0.717) is 19.3 Å². The molecule has 35 heavy (non-hydrogen) atoms. The van der Waals surface area contributed by atoms with Crippen LogP contribution in [-0.4, -0.2) is 44.4 Å². The SMILES string of the molecule is CC(C)O.CCCCCCCC(=O)O.CCCCCCCC(=O)O.CCCCCCCC(=O)O.[Zr]. The summed E-state index contributed by atoms with van der Waals surface area (Å²) >= 11 is 0. The topological polar surface area (TPSA) is 132 Å². The molecule has 0 saturated heterocycles. The van der Waals surface area contributed by atoms with E-state index >= 15 is 0 Å². The van der Waals surface area contributed by atoms with Gasteiger partial charge in [-0.25, -0.2) is 0 Å². The van der Waals surface area contributed by atoms with Crippen molar-refractivity contribution in [1.29, 1.82) is 0 Å². The van der Waals surface area contributed by atoms with E-state index in [1.807, 2.05) is 0 Å². The molecule has 0 aliphatic rings. The molecular formula is C27H56O7Zr. The van der Waals surface area contributed by atoms with Gasteiger partial charge in [0.05, 0.1) is 0 Å². The summed E-state index contributed by atoms with van der Waals surface area (Å²) in [5, 5.41) is 32.9. The average molecular weight is 584 g/mol. The number of rotatable bonds is 18. The number of aliphatic hydroxyl groups is 1. The number of aliphatic carboxylic acids is 3. The Morgan fingerprint density at radius 1 is 0.486 bits per heavy atom.